The van der Waals surface area contributed by atoms with E-state index >= 15 is 0 Å². The van der Waals surface area contributed by atoms with Crippen LogP contribution in [0.3, 0.4) is 0 Å². The van der Waals surface area contributed by atoms with Gasteiger partial charge in [-0.05, 0) is 30.2 Å². The number of rotatable bonds is 3. The van der Waals surface area contributed by atoms with Crippen molar-refractivity contribution < 1.29 is 22.8 Å². The van der Waals surface area contributed by atoms with E-state index in [0.717, 1.165) is 18.2 Å². The number of hydrogen-bond donors (Lipinski definition) is 1. The first-order valence-electron chi connectivity index (χ1n) is 6.59. The van der Waals surface area contributed by atoms with Crippen LogP contribution in [0, 0.1) is 0 Å². The molecular weight excluding hydrogens is 321 g/mol. The molecule has 0 aromatic heterocycles. The van der Waals surface area contributed by atoms with Crippen LogP contribution >= 0.6 is 11.6 Å². The second-order valence-electron chi connectivity index (χ2n) is 5.08. The molecule has 0 aliphatic carbocycles. The van der Waals surface area contributed by atoms with Gasteiger partial charge in [0.15, 0.2) is 0 Å². The topological polar surface area (TPSA) is 49.4 Å². The molecule has 1 fully saturated rings. The molecule has 1 aliphatic rings. The molecule has 2 amide bonds. The maximum absolute atomic E-state index is 12.7. The number of hydrogen-bond acceptors (Lipinski definition) is 2. The molecule has 8 heteroatoms. The molecule has 1 saturated heterocycles. The van der Waals surface area contributed by atoms with Crippen molar-refractivity contribution in [1.82, 2.24) is 10.2 Å². The lowest BCUT2D eigenvalue weighted by molar-refractivity contribution is -0.137. The Morgan fingerprint density at radius 3 is 2.68 bits per heavy atom. The fourth-order valence-corrected chi connectivity index (χ4v) is 2.48. The molecule has 1 N–H and O–H groups in total. The van der Waals surface area contributed by atoms with E-state index in [9.17, 15) is 22.8 Å². The summed E-state index contributed by atoms with van der Waals surface area (Å²) < 4.78 is 38.0. The van der Waals surface area contributed by atoms with Crippen molar-refractivity contribution in [3.63, 3.8) is 0 Å². The third kappa shape index (κ3) is 3.52. The quantitative estimate of drug-likeness (QED) is 0.923. The maximum atomic E-state index is 12.7. The number of nitrogens with zero attached hydrogens (tertiary/aromatic N) is 1. The van der Waals surface area contributed by atoms with Crippen LogP contribution in [0.1, 0.15) is 24.0 Å². The third-order valence-corrected chi connectivity index (χ3v) is 3.99. The Bertz CT molecular complexity index is 604. The van der Waals surface area contributed by atoms with Crippen LogP contribution in [-0.2, 0) is 22.3 Å². The highest BCUT2D eigenvalue weighted by molar-refractivity contribution is 6.31. The van der Waals surface area contributed by atoms with E-state index < -0.39 is 23.7 Å². The first kappa shape index (κ1) is 16.6. The Kier molecular flexibility index (Phi) is 4.65. The smallest absolute Gasteiger partial charge is 0.350 e. The lowest BCUT2D eigenvalue weighted by atomic mass is 10.1. The number of amides is 2. The molecule has 1 aliphatic heterocycles. The van der Waals surface area contributed by atoms with Crippen molar-refractivity contribution in [2.24, 2.45) is 0 Å². The zero-order valence-corrected chi connectivity index (χ0v) is 12.5. The van der Waals surface area contributed by atoms with Gasteiger partial charge in [-0.25, -0.2) is 0 Å². The normalized spacial score (nSPS) is 18.7. The molecule has 22 heavy (non-hydrogen) atoms. The number of halogens is 4. The van der Waals surface area contributed by atoms with Crippen molar-refractivity contribution in [1.29, 1.82) is 0 Å². The minimum atomic E-state index is -4.47. The van der Waals surface area contributed by atoms with Gasteiger partial charge < -0.3 is 10.2 Å². The van der Waals surface area contributed by atoms with Gasteiger partial charge in [-0.2, -0.15) is 13.2 Å². The fourth-order valence-electron chi connectivity index (χ4n) is 2.30. The van der Waals surface area contributed by atoms with E-state index in [0.29, 0.717) is 12.8 Å². The monoisotopic (exact) mass is 334 g/mol. The Balaban J connectivity index is 2.05. The van der Waals surface area contributed by atoms with E-state index in [1.165, 1.54) is 11.9 Å². The Morgan fingerprint density at radius 2 is 2.14 bits per heavy atom. The summed E-state index contributed by atoms with van der Waals surface area (Å²) >= 11 is 5.86. The number of likely N-dealkylation sites (tertiary alicyclic amines) is 1. The molecule has 0 bridgehead atoms. The Labute approximate surface area is 130 Å². The summed E-state index contributed by atoms with van der Waals surface area (Å²) in [7, 11) is 1.52. The average Bonchev–Trinajstić information content (AvgIpc) is 2.76. The molecule has 1 atom stereocenters. The van der Waals surface area contributed by atoms with Crippen LogP contribution in [-0.4, -0.2) is 29.8 Å². The zero-order valence-electron chi connectivity index (χ0n) is 11.7. The molecular formula is C14H14ClF3N2O2. The predicted molar refractivity (Wildman–Crippen MR) is 74.1 cm³/mol. The largest absolute Gasteiger partial charge is 0.416 e. The van der Waals surface area contributed by atoms with Crippen LogP contribution in [0.15, 0.2) is 18.2 Å². The summed E-state index contributed by atoms with van der Waals surface area (Å²) in [6.07, 6.45) is -3.78. The predicted octanol–water partition coefficient (Wildman–Crippen LogP) is 2.60. The van der Waals surface area contributed by atoms with E-state index in [1.807, 2.05) is 0 Å². The number of likely N-dealkylation sites (N-methyl/N-ethyl adjacent to an activating group) is 1. The number of benzene rings is 1. The lowest BCUT2D eigenvalue weighted by Crippen LogP contribution is -2.42. The van der Waals surface area contributed by atoms with Crippen molar-refractivity contribution in [3.05, 3.63) is 34.3 Å². The first-order chi connectivity index (χ1) is 10.2. The Morgan fingerprint density at radius 1 is 1.45 bits per heavy atom. The summed E-state index contributed by atoms with van der Waals surface area (Å²) in [6, 6.07) is 2.36. The van der Waals surface area contributed by atoms with E-state index in [2.05, 4.69) is 5.32 Å². The van der Waals surface area contributed by atoms with E-state index in [-0.39, 0.29) is 23.0 Å². The van der Waals surface area contributed by atoms with Crippen LogP contribution in [0.2, 0.25) is 5.02 Å². The minimum Gasteiger partial charge on any atom is -0.350 e. The summed E-state index contributed by atoms with van der Waals surface area (Å²) in [6.45, 7) is -0.125. The molecule has 120 valence electrons. The molecule has 1 aromatic carbocycles. The van der Waals surface area contributed by atoms with Gasteiger partial charge in [0, 0.05) is 25.0 Å². The fraction of sp³-hybridized carbons (Fsp3) is 0.429. The highest BCUT2D eigenvalue weighted by Gasteiger charge is 2.33. The number of carbonyl (C=O) groups is 2. The molecule has 4 nitrogen and oxygen atoms in total. The molecule has 0 radical (unpaired) electrons. The molecule has 0 spiro atoms. The molecule has 0 saturated carbocycles. The summed E-state index contributed by atoms with van der Waals surface area (Å²) in [4.78, 5) is 24.7. The van der Waals surface area contributed by atoms with Crippen molar-refractivity contribution in [2.45, 2.75) is 31.6 Å². The standard InChI is InChI=1S/C14H14ClF3N2O2/c1-20-11(4-5-12(20)21)13(22)19-7-8-6-9(14(16,17)18)2-3-10(8)15/h2-3,6,11H,4-5,7H2,1H3,(H,19,22)/t11-/m0/s1. The number of carbonyl (C=O) groups excluding carboxylic acids is 2. The SMILES string of the molecule is CN1C(=O)CC[C@H]1C(=O)NCc1cc(C(F)(F)F)ccc1Cl. The molecule has 1 heterocycles. The van der Waals surface area contributed by atoms with Crippen LogP contribution in [0.25, 0.3) is 0 Å². The van der Waals surface area contributed by atoms with Crippen molar-refractivity contribution >= 4 is 23.4 Å². The third-order valence-electron chi connectivity index (χ3n) is 3.62. The van der Waals surface area contributed by atoms with Crippen LogP contribution in [0.4, 0.5) is 13.2 Å². The van der Waals surface area contributed by atoms with Crippen LogP contribution < -0.4 is 5.32 Å². The van der Waals surface area contributed by atoms with Gasteiger partial charge in [0.25, 0.3) is 0 Å². The van der Waals surface area contributed by atoms with Gasteiger partial charge in [-0.3, -0.25) is 9.59 Å². The van der Waals surface area contributed by atoms with Gasteiger partial charge in [0.1, 0.15) is 6.04 Å². The summed E-state index contributed by atoms with van der Waals surface area (Å²) in [5.74, 6) is -0.529. The average molecular weight is 335 g/mol. The molecule has 2 rings (SSSR count). The van der Waals surface area contributed by atoms with Gasteiger partial charge >= 0.3 is 6.18 Å². The van der Waals surface area contributed by atoms with E-state index in [1.54, 1.807) is 0 Å². The highest BCUT2D eigenvalue weighted by Crippen LogP contribution is 2.31. The number of alkyl halides is 3. The van der Waals surface area contributed by atoms with Gasteiger partial charge in [-0.1, -0.05) is 11.6 Å². The second kappa shape index (κ2) is 6.16. The minimum absolute atomic E-state index is 0.125. The van der Waals surface area contributed by atoms with E-state index in [4.69, 9.17) is 11.6 Å². The molecule has 1 aromatic rings. The van der Waals surface area contributed by atoms with Gasteiger partial charge in [-0.15, -0.1) is 0 Å². The highest BCUT2D eigenvalue weighted by atomic mass is 35.5. The second-order valence-corrected chi connectivity index (χ2v) is 5.49. The number of nitrogens with one attached hydrogen (secondary N) is 1. The first-order valence-corrected chi connectivity index (χ1v) is 6.97. The Hall–Kier alpha value is -1.76. The molecule has 0 unspecified atom stereocenters. The maximum Gasteiger partial charge on any atom is 0.416 e. The van der Waals surface area contributed by atoms with Crippen LogP contribution in [0.5, 0.6) is 0 Å². The summed E-state index contributed by atoms with van der Waals surface area (Å²) in [5.41, 5.74) is -0.647. The van der Waals surface area contributed by atoms with Crippen molar-refractivity contribution in [3.8, 4) is 0 Å². The summed E-state index contributed by atoms with van der Waals surface area (Å²) in [5, 5.41) is 2.67. The van der Waals surface area contributed by atoms with Gasteiger partial charge in [0.05, 0.1) is 5.56 Å². The lowest BCUT2D eigenvalue weighted by Gasteiger charge is -2.19. The van der Waals surface area contributed by atoms with Gasteiger partial charge in [0.2, 0.25) is 11.8 Å². The zero-order chi connectivity index (χ0) is 16.5. The van der Waals surface area contributed by atoms with Crippen molar-refractivity contribution in [2.75, 3.05) is 7.05 Å².